The van der Waals surface area contributed by atoms with Crippen molar-refractivity contribution in [2.75, 3.05) is 0 Å². The predicted octanol–water partition coefficient (Wildman–Crippen LogP) is 18.1. The molecule has 4 aromatic heterocycles. The summed E-state index contributed by atoms with van der Waals surface area (Å²) in [4.78, 5) is 16.7. The molecular formula is C90H120Ce2N4O2Si8. The Hall–Kier alpha value is -4.87. The number of aromatic nitrogens is 4. The van der Waals surface area contributed by atoms with Crippen molar-refractivity contribution < 1.29 is 93.7 Å². The molecular weight excluding hydrogens is 1670 g/mol. The van der Waals surface area contributed by atoms with Gasteiger partial charge in [0.2, 0.25) is 0 Å². The second-order valence-electron chi connectivity index (χ2n) is 35.3. The van der Waals surface area contributed by atoms with Gasteiger partial charge in [-0.15, -0.1) is 0 Å². The molecule has 1 aliphatic carbocycles. The van der Waals surface area contributed by atoms with E-state index in [1.54, 1.807) is 90.6 Å². The minimum absolute atomic E-state index is 0. The van der Waals surface area contributed by atoms with E-state index in [0.717, 1.165) is 22.8 Å². The van der Waals surface area contributed by atoms with E-state index < -0.39 is 76.1 Å². The quantitative estimate of drug-likeness (QED) is 0.0611. The van der Waals surface area contributed by atoms with Crippen LogP contribution in [-0.4, -0.2) is 84.5 Å². The number of allylic oxidation sites excluding steroid dienone is 3. The third-order valence-corrected chi connectivity index (χ3v) is 34.6. The van der Waals surface area contributed by atoms with Crippen molar-refractivity contribution in [1.82, 2.24) is 19.9 Å². The van der Waals surface area contributed by atoms with Gasteiger partial charge in [0.05, 0.1) is 47.0 Å². The van der Waals surface area contributed by atoms with Crippen LogP contribution < -0.4 is 51.7 Å². The van der Waals surface area contributed by atoms with Gasteiger partial charge in [-0.05, 0) is 65.6 Å². The molecule has 0 saturated carbocycles. The molecule has 11 aromatic rings. The van der Waals surface area contributed by atoms with Crippen molar-refractivity contribution in [3.8, 4) is 22.8 Å². The number of hydrogen-bond acceptors (Lipinski definition) is 6. The Kier molecular flexibility index (Phi) is 36.5. The maximum atomic E-state index is 14.2. The van der Waals surface area contributed by atoms with Gasteiger partial charge in [0, 0.05) is 65.2 Å². The topological polar surface area (TPSA) is 97.7 Å². The maximum Gasteiger partial charge on any atom is 3.00 e. The number of nitrogens with zero attached hydrogens (tertiary/aromatic N) is 4. The van der Waals surface area contributed by atoms with E-state index in [1.807, 2.05) is 164 Å². The van der Waals surface area contributed by atoms with Crippen molar-refractivity contribution in [3.05, 3.63) is 308 Å². The summed E-state index contributed by atoms with van der Waals surface area (Å²) in [6.45, 7) is 57.9. The van der Waals surface area contributed by atoms with Crippen molar-refractivity contribution in [3.63, 3.8) is 0 Å². The molecule has 0 N–H and O–H groups in total. The van der Waals surface area contributed by atoms with Gasteiger partial charge in [0.15, 0.2) is 0 Å². The van der Waals surface area contributed by atoms with E-state index in [0.29, 0.717) is 22.3 Å². The van der Waals surface area contributed by atoms with Crippen LogP contribution in [0.2, 0.25) is 157 Å². The maximum absolute atomic E-state index is 14.2. The van der Waals surface area contributed by atoms with Gasteiger partial charge < -0.3 is 10.2 Å². The molecule has 0 spiro atoms. The first kappa shape index (κ1) is 93.5. The Morgan fingerprint density at radius 1 is 0.368 bits per heavy atom. The van der Waals surface area contributed by atoms with E-state index >= 15 is 0 Å². The molecule has 7 aromatic carbocycles. The molecule has 0 aliphatic heterocycles. The normalized spacial score (nSPS) is 13.0. The zero-order chi connectivity index (χ0) is 77.0. The van der Waals surface area contributed by atoms with Crippen molar-refractivity contribution in [2.24, 2.45) is 5.92 Å². The van der Waals surface area contributed by atoms with Gasteiger partial charge in [-0.25, -0.2) is 45.9 Å². The van der Waals surface area contributed by atoms with E-state index in [2.05, 4.69) is 250 Å². The second-order valence-corrected chi connectivity index (χ2v) is 75.9. The van der Waals surface area contributed by atoms with Crippen LogP contribution in [-0.2, 0) is 5.60 Å². The smallest absolute Gasteiger partial charge is 0.872 e. The predicted molar refractivity (Wildman–Crippen MR) is 476 cm³/mol. The molecule has 16 heteroatoms. The Morgan fingerprint density at radius 2 is 0.679 bits per heavy atom. The van der Waals surface area contributed by atoms with Crippen LogP contribution in [0.25, 0.3) is 28.5 Å². The summed E-state index contributed by atoms with van der Waals surface area (Å²) in [5.74, 6) is -0.438. The minimum atomic E-state index is -1.46. The largest absolute Gasteiger partial charge is 3.00 e. The molecule has 0 saturated heterocycles. The first-order chi connectivity index (χ1) is 48.5. The first-order valence-corrected chi connectivity index (χ1v) is 64.9. The summed E-state index contributed by atoms with van der Waals surface area (Å²) in [6, 6.07) is 79.8. The van der Waals surface area contributed by atoms with Crippen molar-refractivity contribution >= 4 is 112 Å². The third kappa shape index (κ3) is 29.7. The first-order valence-electron chi connectivity index (χ1n) is 36.9. The van der Waals surface area contributed by atoms with Gasteiger partial charge in [0.1, 0.15) is 0 Å². The Labute approximate surface area is 716 Å². The van der Waals surface area contributed by atoms with Crippen LogP contribution in [0.5, 0.6) is 0 Å². The molecule has 0 fully saturated rings. The average molecular weight is 1790 g/mol. The summed E-state index contributed by atoms with van der Waals surface area (Å²) >= 11 is 0. The van der Waals surface area contributed by atoms with Crippen molar-refractivity contribution in [1.29, 1.82) is 0 Å². The monoisotopic (exact) mass is 1790 g/mol. The molecule has 552 valence electrons. The van der Waals surface area contributed by atoms with Crippen molar-refractivity contribution in [2.45, 2.75) is 163 Å². The number of pyridine rings is 4. The van der Waals surface area contributed by atoms with Crippen LogP contribution in [0.15, 0.2) is 291 Å². The Bertz CT molecular complexity index is 3840. The Balaban J connectivity index is 0.000000269. The van der Waals surface area contributed by atoms with Crippen LogP contribution in [0.3, 0.4) is 0 Å². The molecule has 6 nitrogen and oxygen atoms in total. The van der Waals surface area contributed by atoms with E-state index in [9.17, 15) is 10.2 Å². The molecule has 12 rings (SSSR count). The summed E-state index contributed by atoms with van der Waals surface area (Å²) in [6.07, 6.45) is 14.3. The van der Waals surface area contributed by atoms with E-state index in [4.69, 9.17) is 0 Å². The van der Waals surface area contributed by atoms with Crippen LogP contribution in [0, 0.1) is 89.4 Å². The molecule has 106 heavy (non-hydrogen) atoms. The molecule has 0 atom stereocenters. The average Bonchev–Trinajstić information content (AvgIpc) is 1.19. The van der Waals surface area contributed by atoms with Gasteiger partial charge in [-0.3, -0.25) is 19.9 Å². The molecule has 0 amide bonds. The summed E-state index contributed by atoms with van der Waals surface area (Å²) < 4.78 is 0. The third-order valence-electron chi connectivity index (χ3n) is 18.3. The van der Waals surface area contributed by atoms with Gasteiger partial charge in [0.25, 0.3) is 0 Å². The van der Waals surface area contributed by atoms with E-state index in [1.165, 1.54) is 0 Å². The van der Waals surface area contributed by atoms with Crippen LogP contribution in [0.1, 0.15) is 16.7 Å². The summed E-state index contributed by atoms with van der Waals surface area (Å²) in [5.41, 5.74) is 4.84. The minimum Gasteiger partial charge on any atom is -0.872 e. The zero-order valence-corrected chi connectivity index (χ0v) is 82.6. The van der Waals surface area contributed by atoms with Crippen LogP contribution >= 0.6 is 0 Å². The van der Waals surface area contributed by atoms with Gasteiger partial charge in [-0.2, -0.15) is 68.4 Å². The number of benzene rings is 3. The van der Waals surface area contributed by atoms with Gasteiger partial charge >= 0.3 is 83.5 Å². The molecule has 1 aliphatic rings. The zero-order valence-electron chi connectivity index (χ0n) is 68.3. The van der Waals surface area contributed by atoms with Crippen LogP contribution in [0.4, 0.5) is 0 Å². The van der Waals surface area contributed by atoms with Gasteiger partial charge in [-0.1, -0.05) is 319 Å². The molecule has 0 bridgehead atoms. The molecule has 2 radical (unpaired) electrons. The fraction of sp³-hybridized carbons (Fsp3) is 0.289. The fourth-order valence-corrected chi connectivity index (χ4v) is 21.2. The second kappa shape index (κ2) is 41.4. The molecule has 0 unspecified atom stereocenters. The number of hydrogen-bond donors (Lipinski definition) is 0. The number of rotatable bonds is 14. The SMILES string of the molecule is C[Si](C)(C)c1c[cH-]c([Si](C)(C)C)c1.C[Si](C)(C)c1cc[c-]([Si](C)(C)C)c1.C[Si](C)(C)c1cc[c-]([Si](C)(C)C)c1.C[Si](C)(C)c1ccc([Si](C)(C)C)[cH-]1.[Ce+3].[Ce+3].[O-]C(=C1C=CC(C([O-])(c2ccccc2)c2ccccc2)C=C1)c1ccccc1.c1ccc(-c2ccccn2)nc1.c1ccc(-c2ccccn2)nc1. The Morgan fingerprint density at radius 3 is 0.915 bits per heavy atom. The van der Waals surface area contributed by atoms with E-state index in [-0.39, 0.29) is 89.3 Å². The fourth-order valence-electron chi connectivity index (χ4n) is 11.2. The standard InChI is InChI=1S/C26H21O2.4C11H21Si2.2C10H8N2.2Ce/c27-25(20-10-4-1-5-11-20)21-16-18-24(19-17-21)26(28,22-12-6-2-7-13-22)23-14-8-3-9-15-23;4*1-12(2,3)10-7-8-11(9-10)13(4,5)6;2*1-3-7-11-9(5-1)10-6-2-4-8-12-10;;/h1-19,24,27H;4*7-9H,1-6H3;2*1-8H;;/q5*-1;;;2*+3/p-1. The summed E-state index contributed by atoms with van der Waals surface area (Å²) in [7, 11) is -8.55. The molecule has 4 heterocycles. The summed E-state index contributed by atoms with van der Waals surface area (Å²) in [5, 5.41) is 39.8.